The predicted octanol–water partition coefficient (Wildman–Crippen LogP) is 4.84. The third-order valence-electron chi connectivity index (χ3n) is 3.91. The van der Waals surface area contributed by atoms with Gasteiger partial charge in [-0.25, -0.2) is 0 Å². The maximum Gasteiger partial charge on any atom is 0.0403 e. The Morgan fingerprint density at radius 2 is 2.17 bits per heavy atom. The summed E-state index contributed by atoms with van der Waals surface area (Å²) in [5.41, 5.74) is 1.66. The molecule has 1 aliphatic heterocycles. The van der Waals surface area contributed by atoms with Crippen LogP contribution in [0.25, 0.3) is 10.1 Å². The Kier molecular flexibility index (Phi) is 3.29. The first-order chi connectivity index (χ1) is 8.65. The zero-order chi connectivity index (χ0) is 12.6. The van der Waals surface area contributed by atoms with Crippen LogP contribution in [0.2, 0.25) is 0 Å². The maximum atomic E-state index is 3.74. The minimum Gasteiger partial charge on any atom is -0.381 e. The van der Waals surface area contributed by atoms with Gasteiger partial charge in [-0.2, -0.15) is 11.8 Å². The molecule has 1 unspecified atom stereocenters. The zero-order valence-electron chi connectivity index (χ0n) is 10.9. The van der Waals surface area contributed by atoms with Gasteiger partial charge in [0.05, 0.1) is 0 Å². The predicted molar refractivity (Wildman–Crippen MR) is 85.0 cm³/mol. The Bertz CT molecular complexity index is 544. The second-order valence-corrected chi connectivity index (χ2v) is 7.78. The molecule has 2 aromatic rings. The average molecular weight is 277 g/mol. The van der Waals surface area contributed by atoms with Crippen molar-refractivity contribution in [1.29, 1.82) is 0 Å². The van der Waals surface area contributed by atoms with Gasteiger partial charge in [0.1, 0.15) is 0 Å². The minimum absolute atomic E-state index is 0.398. The van der Waals surface area contributed by atoms with Gasteiger partial charge in [0.2, 0.25) is 0 Å². The zero-order valence-corrected chi connectivity index (χ0v) is 12.5. The summed E-state index contributed by atoms with van der Waals surface area (Å²) in [6.45, 7) is 4.76. The van der Waals surface area contributed by atoms with Crippen molar-refractivity contribution in [3.63, 3.8) is 0 Å². The molecule has 0 bridgehead atoms. The van der Waals surface area contributed by atoms with E-state index in [4.69, 9.17) is 0 Å². The van der Waals surface area contributed by atoms with E-state index < -0.39 is 0 Å². The molecule has 1 nitrogen and oxygen atoms in total. The van der Waals surface area contributed by atoms with E-state index in [0.717, 1.165) is 0 Å². The van der Waals surface area contributed by atoms with E-state index in [0.29, 0.717) is 11.5 Å². The molecule has 1 aromatic carbocycles. The highest BCUT2D eigenvalue weighted by Crippen LogP contribution is 2.36. The molecule has 1 atom stereocenters. The van der Waals surface area contributed by atoms with E-state index in [-0.39, 0.29) is 0 Å². The van der Waals surface area contributed by atoms with Crippen molar-refractivity contribution in [2.75, 3.05) is 16.8 Å². The molecule has 0 radical (unpaired) electrons. The van der Waals surface area contributed by atoms with E-state index >= 15 is 0 Å². The van der Waals surface area contributed by atoms with Crippen molar-refractivity contribution < 1.29 is 0 Å². The van der Waals surface area contributed by atoms with Crippen LogP contribution >= 0.6 is 23.1 Å². The fourth-order valence-electron chi connectivity index (χ4n) is 2.43. The molecule has 1 N–H and O–H groups in total. The Hall–Kier alpha value is -0.670. The number of thioether (sulfide) groups is 1. The summed E-state index contributed by atoms with van der Waals surface area (Å²) in [5.74, 6) is 2.52. The lowest BCUT2D eigenvalue weighted by Gasteiger charge is -2.39. The van der Waals surface area contributed by atoms with Gasteiger partial charge >= 0.3 is 0 Å². The van der Waals surface area contributed by atoms with Crippen molar-refractivity contribution in [3.8, 4) is 0 Å². The van der Waals surface area contributed by atoms with Crippen LogP contribution in [0, 0.1) is 5.41 Å². The lowest BCUT2D eigenvalue weighted by molar-refractivity contribution is 0.305. The molecule has 1 aromatic heterocycles. The van der Waals surface area contributed by atoms with Crippen molar-refractivity contribution in [3.05, 3.63) is 29.6 Å². The highest BCUT2D eigenvalue weighted by Gasteiger charge is 2.32. The first-order valence-electron chi connectivity index (χ1n) is 6.47. The Labute approximate surface area is 117 Å². The van der Waals surface area contributed by atoms with Crippen LogP contribution < -0.4 is 5.32 Å². The van der Waals surface area contributed by atoms with E-state index in [2.05, 4.69) is 60.6 Å². The number of thiophene rings is 1. The maximum absolute atomic E-state index is 3.74. The van der Waals surface area contributed by atoms with Gasteiger partial charge in [-0.3, -0.25) is 0 Å². The Morgan fingerprint density at radius 3 is 3.00 bits per heavy atom. The third-order valence-corrected chi connectivity index (χ3v) is 5.87. The highest BCUT2D eigenvalue weighted by molar-refractivity contribution is 7.99. The van der Waals surface area contributed by atoms with Gasteiger partial charge < -0.3 is 5.32 Å². The molecule has 3 heteroatoms. The minimum atomic E-state index is 0.398. The number of rotatable bonds is 2. The van der Waals surface area contributed by atoms with E-state index in [1.165, 1.54) is 33.7 Å². The monoisotopic (exact) mass is 277 g/mol. The van der Waals surface area contributed by atoms with Gasteiger partial charge in [0, 0.05) is 22.2 Å². The second kappa shape index (κ2) is 4.78. The molecule has 1 aliphatic rings. The smallest absolute Gasteiger partial charge is 0.0403 e. The summed E-state index contributed by atoms with van der Waals surface area (Å²) < 4.78 is 1.37. The van der Waals surface area contributed by atoms with E-state index in [1.807, 2.05) is 11.3 Å². The Balaban J connectivity index is 1.82. The number of nitrogens with one attached hydrogen (secondary N) is 1. The molecular formula is C15H19NS2. The van der Waals surface area contributed by atoms with Gasteiger partial charge in [0.25, 0.3) is 0 Å². The van der Waals surface area contributed by atoms with E-state index in [1.54, 1.807) is 0 Å². The summed E-state index contributed by atoms with van der Waals surface area (Å²) in [5, 5.41) is 7.25. The van der Waals surface area contributed by atoms with Gasteiger partial charge in [-0.15, -0.1) is 11.3 Å². The summed E-state index contributed by atoms with van der Waals surface area (Å²) in [6, 6.07) is 9.50. The highest BCUT2D eigenvalue weighted by atomic mass is 32.2. The number of fused-ring (bicyclic) bond motifs is 1. The summed E-state index contributed by atoms with van der Waals surface area (Å²) in [6.07, 6.45) is 1.30. The topological polar surface area (TPSA) is 12.0 Å². The molecular weight excluding hydrogens is 258 g/mol. The molecule has 0 saturated carbocycles. The van der Waals surface area contributed by atoms with Crippen molar-refractivity contribution in [1.82, 2.24) is 0 Å². The quantitative estimate of drug-likeness (QED) is 0.842. The number of anilines is 1. The lowest BCUT2D eigenvalue weighted by Crippen LogP contribution is -2.41. The molecule has 0 spiro atoms. The standard InChI is InChI=1S/C15H19NS2/c1-15(2)6-8-17-10-14(15)16-12-3-4-13-11(9-12)5-7-18-13/h3-5,7,9,14,16H,6,8,10H2,1-2H3. The van der Waals surface area contributed by atoms with Crippen LogP contribution in [0.1, 0.15) is 20.3 Å². The van der Waals surface area contributed by atoms with Crippen LogP contribution in [0.15, 0.2) is 29.6 Å². The summed E-state index contributed by atoms with van der Waals surface area (Å²) >= 11 is 3.88. The van der Waals surface area contributed by atoms with Crippen molar-refractivity contribution >= 4 is 38.9 Å². The van der Waals surface area contributed by atoms with Crippen LogP contribution in [-0.2, 0) is 0 Å². The van der Waals surface area contributed by atoms with Gasteiger partial charge in [-0.1, -0.05) is 13.8 Å². The SMILES string of the molecule is CC1(C)CCSCC1Nc1ccc2sccc2c1. The number of benzene rings is 1. The Morgan fingerprint density at radius 1 is 1.28 bits per heavy atom. The van der Waals surface area contributed by atoms with Crippen LogP contribution in [0.4, 0.5) is 5.69 Å². The average Bonchev–Trinajstić information content (AvgIpc) is 2.79. The van der Waals surface area contributed by atoms with Crippen molar-refractivity contribution in [2.45, 2.75) is 26.3 Å². The van der Waals surface area contributed by atoms with Gasteiger partial charge in [0.15, 0.2) is 0 Å². The number of hydrogen-bond donors (Lipinski definition) is 1. The molecule has 1 saturated heterocycles. The van der Waals surface area contributed by atoms with Crippen molar-refractivity contribution in [2.24, 2.45) is 5.41 Å². The fraction of sp³-hybridized carbons (Fsp3) is 0.467. The van der Waals surface area contributed by atoms with Crippen LogP contribution in [-0.4, -0.2) is 17.5 Å². The van der Waals surface area contributed by atoms with Gasteiger partial charge in [-0.05, 0) is 52.6 Å². The third kappa shape index (κ3) is 2.39. The molecule has 18 heavy (non-hydrogen) atoms. The molecule has 96 valence electrons. The number of hydrogen-bond acceptors (Lipinski definition) is 3. The largest absolute Gasteiger partial charge is 0.381 e. The fourth-order valence-corrected chi connectivity index (χ4v) is 4.81. The summed E-state index contributed by atoms with van der Waals surface area (Å²) in [7, 11) is 0. The molecule has 0 aliphatic carbocycles. The lowest BCUT2D eigenvalue weighted by atomic mass is 9.82. The second-order valence-electron chi connectivity index (χ2n) is 5.68. The van der Waals surface area contributed by atoms with Crippen LogP contribution in [0.3, 0.4) is 0 Å². The first kappa shape index (κ1) is 12.4. The van der Waals surface area contributed by atoms with E-state index in [9.17, 15) is 0 Å². The molecule has 1 fully saturated rings. The molecule has 3 rings (SSSR count). The molecule has 0 amide bonds. The first-order valence-corrected chi connectivity index (χ1v) is 8.50. The molecule has 2 heterocycles. The van der Waals surface area contributed by atoms with Crippen LogP contribution in [0.5, 0.6) is 0 Å². The summed E-state index contributed by atoms with van der Waals surface area (Å²) in [4.78, 5) is 0. The normalized spacial score (nSPS) is 23.1.